The van der Waals surface area contributed by atoms with Gasteiger partial charge in [-0.15, -0.1) is 0 Å². The standard InChI is InChI=1S/C23H23ClN4O2/c1-2-19(22-25-13-20(26-22)15-7-4-3-5-8-15)27-23(30)16-11-21(29)28(14-16)18-10-6-9-17(24)12-18/h3-10,12-13,16,19H,2,11,14H2,1H3,(H,25,26)(H,27,30). The number of hydrogen-bond donors (Lipinski definition) is 2. The molecule has 0 bridgehead atoms. The fourth-order valence-corrected chi connectivity index (χ4v) is 3.89. The average molecular weight is 423 g/mol. The third-order valence-corrected chi connectivity index (χ3v) is 5.59. The number of carbonyl (C=O) groups excluding carboxylic acids is 2. The number of benzene rings is 2. The Balaban J connectivity index is 1.44. The topological polar surface area (TPSA) is 78.1 Å². The fraction of sp³-hybridized carbons (Fsp3) is 0.261. The summed E-state index contributed by atoms with van der Waals surface area (Å²) in [7, 11) is 0. The highest BCUT2D eigenvalue weighted by Crippen LogP contribution is 2.28. The van der Waals surface area contributed by atoms with Gasteiger partial charge in [-0.25, -0.2) is 4.98 Å². The van der Waals surface area contributed by atoms with Crippen molar-refractivity contribution in [3.63, 3.8) is 0 Å². The lowest BCUT2D eigenvalue weighted by atomic mass is 10.1. The van der Waals surface area contributed by atoms with E-state index in [2.05, 4.69) is 15.3 Å². The van der Waals surface area contributed by atoms with Gasteiger partial charge in [0.25, 0.3) is 0 Å². The quantitative estimate of drug-likeness (QED) is 0.619. The normalized spacial score (nSPS) is 17.2. The Morgan fingerprint density at radius 3 is 2.80 bits per heavy atom. The molecule has 6 nitrogen and oxygen atoms in total. The molecule has 1 fully saturated rings. The second-order valence-electron chi connectivity index (χ2n) is 7.40. The highest BCUT2D eigenvalue weighted by molar-refractivity contribution is 6.31. The Morgan fingerprint density at radius 2 is 2.07 bits per heavy atom. The number of anilines is 1. The molecule has 3 aromatic rings. The Morgan fingerprint density at radius 1 is 1.27 bits per heavy atom. The molecule has 0 radical (unpaired) electrons. The number of nitrogens with one attached hydrogen (secondary N) is 2. The molecule has 1 aliphatic rings. The van der Waals surface area contributed by atoms with Crippen LogP contribution in [0, 0.1) is 5.92 Å². The maximum atomic E-state index is 12.9. The number of imidazole rings is 1. The second kappa shape index (κ2) is 8.71. The lowest BCUT2D eigenvalue weighted by Crippen LogP contribution is -2.35. The van der Waals surface area contributed by atoms with E-state index >= 15 is 0 Å². The van der Waals surface area contributed by atoms with Gasteiger partial charge in [0.1, 0.15) is 5.82 Å². The number of hydrogen-bond acceptors (Lipinski definition) is 3. The minimum atomic E-state index is -0.408. The summed E-state index contributed by atoms with van der Waals surface area (Å²) in [6, 6.07) is 16.8. The van der Waals surface area contributed by atoms with Crippen molar-refractivity contribution in [2.75, 3.05) is 11.4 Å². The Hall–Kier alpha value is -3.12. The lowest BCUT2D eigenvalue weighted by molar-refractivity contribution is -0.127. The molecular formula is C23H23ClN4O2. The molecular weight excluding hydrogens is 400 g/mol. The first-order chi connectivity index (χ1) is 14.5. The van der Waals surface area contributed by atoms with Crippen molar-refractivity contribution in [2.45, 2.75) is 25.8 Å². The van der Waals surface area contributed by atoms with Crippen LogP contribution in [0.25, 0.3) is 11.3 Å². The minimum absolute atomic E-state index is 0.0742. The molecule has 30 heavy (non-hydrogen) atoms. The van der Waals surface area contributed by atoms with Crippen LogP contribution in [0.3, 0.4) is 0 Å². The van der Waals surface area contributed by atoms with Crippen molar-refractivity contribution in [3.8, 4) is 11.3 Å². The van der Waals surface area contributed by atoms with Crippen LogP contribution in [0.5, 0.6) is 0 Å². The summed E-state index contributed by atoms with van der Waals surface area (Å²) in [5.41, 5.74) is 2.66. The molecule has 1 saturated heterocycles. The van der Waals surface area contributed by atoms with Gasteiger partial charge in [-0.05, 0) is 30.2 Å². The van der Waals surface area contributed by atoms with Gasteiger partial charge in [0, 0.05) is 23.7 Å². The molecule has 4 rings (SSSR count). The van der Waals surface area contributed by atoms with Crippen molar-refractivity contribution < 1.29 is 9.59 Å². The van der Waals surface area contributed by atoms with Gasteiger partial charge in [-0.2, -0.15) is 0 Å². The van der Waals surface area contributed by atoms with Gasteiger partial charge in [-0.3, -0.25) is 9.59 Å². The monoisotopic (exact) mass is 422 g/mol. The molecule has 2 unspecified atom stereocenters. The summed E-state index contributed by atoms with van der Waals surface area (Å²) >= 11 is 6.04. The van der Waals surface area contributed by atoms with Crippen molar-refractivity contribution in [3.05, 3.63) is 71.6 Å². The summed E-state index contributed by atoms with van der Waals surface area (Å²) in [5.74, 6) is 0.0852. The highest BCUT2D eigenvalue weighted by Gasteiger charge is 2.36. The largest absolute Gasteiger partial charge is 0.346 e. The summed E-state index contributed by atoms with van der Waals surface area (Å²) in [4.78, 5) is 34.8. The molecule has 2 N–H and O–H groups in total. The maximum Gasteiger partial charge on any atom is 0.227 e. The number of halogens is 1. The molecule has 1 aliphatic heterocycles. The van der Waals surface area contributed by atoms with Gasteiger partial charge in [0.15, 0.2) is 0 Å². The first-order valence-corrected chi connectivity index (χ1v) is 10.4. The summed E-state index contributed by atoms with van der Waals surface area (Å²) in [6.45, 7) is 2.34. The predicted octanol–water partition coefficient (Wildman–Crippen LogP) is 4.35. The second-order valence-corrected chi connectivity index (χ2v) is 7.84. The van der Waals surface area contributed by atoms with Crippen LogP contribution >= 0.6 is 11.6 Å². The Kier molecular flexibility index (Phi) is 5.86. The molecule has 2 amide bonds. The molecule has 154 valence electrons. The van der Waals surface area contributed by atoms with Crippen molar-refractivity contribution >= 4 is 29.1 Å². The van der Waals surface area contributed by atoms with Gasteiger partial charge >= 0.3 is 0 Å². The fourth-order valence-electron chi connectivity index (χ4n) is 3.71. The van der Waals surface area contributed by atoms with Gasteiger partial charge in [-0.1, -0.05) is 54.9 Å². The van der Waals surface area contributed by atoms with E-state index in [1.807, 2.05) is 43.3 Å². The van der Waals surface area contributed by atoms with E-state index in [1.165, 1.54) is 0 Å². The molecule has 0 aliphatic carbocycles. The van der Waals surface area contributed by atoms with E-state index in [0.717, 1.165) is 11.3 Å². The highest BCUT2D eigenvalue weighted by atomic mass is 35.5. The molecule has 0 saturated carbocycles. The number of aromatic amines is 1. The number of carbonyl (C=O) groups is 2. The van der Waals surface area contributed by atoms with E-state index in [4.69, 9.17) is 11.6 Å². The zero-order chi connectivity index (χ0) is 21.1. The van der Waals surface area contributed by atoms with E-state index in [0.29, 0.717) is 29.5 Å². The van der Waals surface area contributed by atoms with Gasteiger partial charge < -0.3 is 15.2 Å². The van der Waals surface area contributed by atoms with E-state index < -0.39 is 5.92 Å². The molecule has 2 aromatic carbocycles. The third-order valence-electron chi connectivity index (χ3n) is 5.35. The number of aromatic nitrogens is 2. The maximum absolute atomic E-state index is 12.9. The molecule has 2 atom stereocenters. The van der Waals surface area contributed by atoms with E-state index in [1.54, 1.807) is 29.3 Å². The van der Waals surface area contributed by atoms with Crippen LogP contribution in [0.2, 0.25) is 5.02 Å². The molecule has 7 heteroatoms. The minimum Gasteiger partial charge on any atom is -0.346 e. The Bertz CT molecular complexity index is 1050. The van der Waals surface area contributed by atoms with Crippen LogP contribution in [-0.4, -0.2) is 28.3 Å². The van der Waals surface area contributed by atoms with Crippen LogP contribution in [0.1, 0.15) is 31.6 Å². The number of H-pyrrole nitrogens is 1. The van der Waals surface area contributed by atoms with Gasteiger partial charge in [0.05, 0.1) is 23.9 Å². The summed E-state index contributed by atoms with van der Waals surface area (Å²) < 4.78 is 0. The molecule has 0 spiro atoms. The first-order valence-electron chi connectivity index (χ1n) is 10.0. The lowest BCUT2D eigenvalue weighted by Gasteiger charge is -2.19. The van der Waals surface area contributed by atoms with E-state index in [9.17, 15) is 9.59 Å². The van der Waals surface area contributed by atoms with E-state index in [-0.39, 0.29) is 24.3 Å². The van der Waals surface area contributed by atoms with Crippen molar-refractivity contribution in [1.29, 1.82) is 0 Å². The smallest absolute Gasteiger partial charge is 0.227 e. The summed E-state index contributed by atoms with van der Waals surface area (Å²) in [6.07, 6.45) is 2.65. The third kappa shape index (κ3) is 4.24. The SMILES string of the molecule is CCC(NC(=O)C1CC(=O)N(c2cccc(Cl)c2)C1)c1ncc(-c2ccccc2)[nH]1. The predicted molar refractivity (Wildman–Crippen MR) is 117 cm³/mol. The number of amides is 2. The first kappa shape index (κ1) is 20.2. The summed E-state index contributed by atoms with van der Waals surface area (Å²) in [5, 5.41) is 3.62. The zero-order valence-electron chi connectivity index (χ0n) is 16.6. The number of rotatable bonds is 6. The van der Waals surface area contributed by atoms with Crippen LogP contribution in [0.4, 0.5) is 5.69 Å². The molecule has 2 heterocycles. The Labute approximate surface area is 180 Å². The van der Waals surface area contributed by atoms with Crippen LogP contribution < -0.4 is 10.2 Å². The van der Waals surface area contributed by atoms with Crippen molar-refractivity contribution in [2.24, 2.45) is 5.92 Å². The van der Waals surface area contributed by atoms with Crippen LogP contribution in [0.15, 0.2) is 60.8 Å². The average Bonchev–Trinajstić information content (AvgIpc) is 3.40. The van der Waals surface area contributed by atoms with Crippen molar-refractivity contribution in [1.82, 2.24) is 15.3 Å². The van der Waals surface area contributed by atoms with Crippen LogP contribution in [-0.2, 0) is 9.59 Å². The van der Waals surface area contributed by atoms with Gasteiger partial charge in [0.2, 0.25) is 11.8 Å². The molecule has 1 aromatic heterocycles. The number of nitrogens with zero attached hydrogens (tertiary/aromatic N) is 2. The zero-order valence-corrected chi connectivity index (χ0v) is 17.4.